The molecule has 0 atom stereocenters. The number of benzene rings is 1. The first-order valence-corrected chi connectivity index (χ1v) is 6.24. The molecule has 2 aliphatic heterocycles. The highest BCUT2D eigenvalue weighted by atomic mass is 19.1. The van der Waals surface area contributed by atoms with Gasteiger partial charge in [0.25, 0.3) is 0 Å². The van der Waals surface area contributed by atoms with Gasteiger partial charge in [-0.15, -0.1) is 0 Å². The smallest absolute Gasteiger partial charge is 0.132 e. The topological polar surface area (TPSA) is 20.5 Å². The van der Waals surface area contributed by atoms with E-state index in [1.165, 1.54) is 6.07 Å². The monoisotopic (exact) mass is 253 g/mol. The number of aromatic nitrogens is 1. The number of hydrogen-bond donors (Lipinski definition) is 0. The number of fused-ring (bicyclic) bond motifs is 5. The van der Waals surface area contributed by atoms with Gasteiger partial charge in [0.1, 0.15) is 11.6 Å². The summed E-state index contributed by atoms with van der Waals surface area (Å²) in [5.74, 6) is 0.573. The van der Waals surface area contributed by atoms with Crippen LogP contribution in [0.15, 0.2) is 47.7 Å². The quantitative estimate of drug-likeness (QED) is 0.707. The Morgan fingerprint density at radius 2 is 2.16 bits per heavy atom. The highest BCUT2D eigenvalue weighted by molar-refractivity contribution is 5.92. The Hall–Kier alpha value is -2.36. The molecule has 0 aliphatic carbocycles. The molecule has 0 saturated carbocycles. The van der Waals surface area contributed by atoms with Crippen LogP contribution in [0, 0.1) is 5.82 Å². The van der Waals surface area contributed by atoms with E-state index in [4.69, 9.17) is 0 Å². The second kappa shape index (κ2) is 3.57. The van der Waals surface area contributed by atoms with Crippen LogP contribution in [-0.2, 0) is 6.54 Å². The Morgan fingerprint density at radius 3 is 3.05 bits per heavy atom. The number of allylic oxidation sites excluding steroid dienone is 1. The van der Waals surface area contributed by atoms with Gasteiger partial charge in [-0.25, -0.2) is 9.38 Å². The van der Waals surface area contributed by atoms with E-state index in [9.17, 15) is 4.39 Å². The first-order chi connectivity index (χ1) is 9.25. The third-order valence-electron chi connectivity index (χ3n) is 3.76. The maximum absolute atomic E-state index is 13.9. The van der Waals surface area contributed by atoms with Gasteiger partial charge in [0.05, 0.1) is 16.9 Å². The predicted molar refractivity (Wildman–Crippen MR) is 74.2 cm³/mol. The molecular weight excluding hydrogens is 241 g/mol. The number of hydrogen-bond acceptors (Lipinski definition) is 2. The van der Waals surface area contributed by atoms with E-state index >= 15 is 0 Å². The molecular formula is C15H12FN3. The van der Waals surface area contributed by atoms with Gasteiger partial charge in [-0.1, -0.05) is 12.6 Å². The second-order valence-corrected chi connectivity index (χ2v) is 4.75. The van der Waals surface area contributed by atoms with Gasteiger partial charge in [-0.3, -0.25) is 0 Å². The van der Waals surface area contributed by atoms with Gasteiger partial charge in [0, 0.05) is 24.7 Å². The fourth-order valence-electron chi connectivity index (χ4n) is 2.87. The highest BCUT2D eigenvalue weighted by Gasteiger charge is 2.26. The van der Waals surface area contributed by atoms with E-state index in [2.05, 4.69) is 21.0 Å². The summed E-state index contributed by atoms with van der Waals surface area (Å²) in [4.78, 5) is 6.28. The molecule has 19 heavy (non-hydrogen) atoms. The molecule has 94 valence electrons. The summed E-state index contributed by atoms with van der Waals surface area (Å²) in [5, 5.41) is 0.674. The van der Waals surface area contributed by atoms with Crippen LogP contribution in [0.3, 0.4) is 0 Å². The van der Waals surface area contributed by atoms with Crippen LogP contribution in [-0.4, -0.2) is 22.2 Å². The average molecular weight is 253 g/mol. The number of nitrogens with zero attached hydrogens (tertiary/aromatic N) is 3. The van der Waals surface area contributed by atoms with Crippen molar-refractivity contribution in [1.82, 2.24) is 9.47 Å². The van der Waals surface area contributed by atoms with Gasteiger partial charge in [0.2, 0.25) is 0 Å². The molecule has 0 radical (unpaired) electrons. The van der Waals surface area contributed by atoms with Crippen LogP contribution < -0.4 is 0 Å². The Bertz CT molecular complexity index is 767. The Labute approximate surface area is 110 Å². The van der Waals surface area contributed by atoms with Crippen molar-refractivity contribution in [1.29, 1.82) is 0 Å². The molecule has 0 unspecified atom stereocenters. The summed E-state index contributed by atoms with van der Waals surface area (Å²) >= 11 is 0. The van der Waals surface area contributed by atoms with Crippen molar-refractivity contribution in [2.75, 3.05) is 6.54 Å². The fourth-order valence-corrected chi connectivity index (χ4v) is 2.87. The average Bonchev–Trinajstić information content (AvgIpc) is 2.80. The molecule has 0 spiro atoms. The molecule has 0 bridgehead atoms. The zero-order valence-electron chi connectivity index (χ0n) is 10.3. The molecule has 1 aromatic carbocycles. The van der Waals surface area contributed by atoms with Gasteiger partial charge in [-0.2, -0.15) is 0 Å². The van der Waals surface area contributed by atoms with Crippen molar-refractivity contribution < 1.29 is 4.39 Å². The van der Waals surface area contributed by atoms with E-state index in [1.54, 1.807) is 12.3 Å². The molecule has 4 heteroatoms. The van der Waals surface area contributed by atoms with Gasteiger partial charge < -0.3 is 9.47 Å². The van der Waals surface area contributed by atoms with Crippen molar-refractivity contribution in [3.05, 3.63) is 54.3 Å². The molecule has 0 fully saturated rings. The molecule has 2 aliphatic rings. The van der Waals surface area contributed by atoms with Crippen molar-refractivity contribution in [3.63, 3.8) is 0 Å². The molecule has 0 saturated heterocycles. The van der Waals surface area contributed by atoms with Crippen LogP contribution in [0.5, 0.6) is 0 Å². The normalized spacial score (nSPS) is 17.4. The first-order valence-electron chi connectivity index (χ1n) is 6.24. The maximum Gasteiger partial charge on any atom is 0.132 e. The van der Waals surface area contributed by atoms with Gasteiger partial charge >= 0.3 is 0 Å². The molecule has 4 rings (SSSR count). The Morgan fingerprint density at radius 1 is 1.26 bits per heavy atom. The van der Waals surface area contributed by atoms with Crippen LogP contribution in [0.1, 0.15) is 5.69 Å². The highest BCUT2D eigenvalue weighted by Crippen LogP contribution is 2.34. The van der Waals surface area contributed by atoms with E-state index < -0.39 is 0 Å². The fraction of sp³-hybridized carbons (Fsp3) is 0.133. The van der Waals surface area contributed by atoms with Crippen molar-refractivity contribution >= 4 is 22.8 Å². The minimum absolute atomic E-state index is 0.171. The summed E-state index contributed by atoms with van der Waals surface area (Å²) in [6.07, 6.45) is 3.70. The molecule has 3 heterocycles. The Balaban J connectivity index is 2.02. The zero-order chi connectivity index (χ0) is 13.0. The largest absolute Gasteiger partial charge is 0.337 e. The minimum Gasteiger partial charge on any atom is -0.337 e. The number of aliphatic imine (C=N–C) groups is 1. The minimum atomic E-state index is -0.171. The predicted octanol–water partition coefficient (Wildman–Crippen LogP) is 2.99. The molecule has 2 aromatic rings. The third kappa shape index (κ3) is 1.34. The summed E-state index contributed by atoms with van der Waals surface area (Å²) in [6, 6.07) is 7.13. The maximum atomic E-state index is 13.9. The molecule has 3 nitrogen and oxygen atoms in total. The van der Waals surface area contributed by atoms with Crippen LogP contribution >= 0.6 is 0 Å². The SMILES string of the molecule is C=C1N=CC=C2c3cc4c(F)cccc4n3CCN12. The summed E-state index contributed by atoms with van der Waals surface area (Å²) in [6.45, 7) is 5.58. The molecule has 0 amide bonds. The second-order valence-electron chi connectivity index (χ2n) is 4.75. The standard InChI is InChI=1S/C15H12FN3/c1-10-17-6-5-14-15-9-11-12(16)3-2-4-13(11)19(15)8-7-18(10)14/h2-6,9H,1,7-8H2. The Kier molecular flexibility index (Phi) is 1.98. The van der Waals surface area contributed by atoms with E-state index in [0.717, 1.165) is 35.8 Å². The number of rotatable bonds is 0. The van der Waals surface area contributed by atoms with Crippen LogP contribution in [0.4, 0.5) is 4.39 Å². The molecule has 0 N–H and O–H groups in total. The lowest BCUT2D eigenvalue weighted by atomic mass is 10.2. The summed E-state index contributed by atoms with van der Waals surface area (Å²) in [7, 11) is 0. The van der Waals surface area contributed by atoms with Crippen molar-refractivity contribution in [2.45, 2.75) is 6.54 Å². The van der Waals surface area contributed by atoms with Gasteiger partial charge in [0.15, 0.2) is 0 Å². The summed E-state index contributed by atoms with van der Waals surface area (Å²) < 4.78 is 16.0. The van der Waals surface area contributed by atoms with Crippen molar-refractivity contribution in [3.8, 4) is 0 Å². The first kappa shape index (κ1) is 10.6. The van der Waals surface area contributed by atoms with Crippen LogP contribution in [0.2, 0.25) is 0 Å². The lowest BCUT2D eigenvalue weighted by molar-refractivity contribution is 0.419. The number of halogens is 1. The lowest BCUT2D eigenvalue weighted by Gasteiger charge is -2.34. The summed E-state index contributed by atoms with van der Waals surface area (Å²) in [5.41, 5.74) is 3.02. The van der Waals surface area contributed by atoms with Crippen LogP contribution in [0.25, 0.3) is 16.6 Å². The molecule has 1 aromatic heterocycles. The van der Waals surface area contributed by atoms with E-state index in [0.29, 0.717) is 5.39 Å². The third-order valence-corrected chi connectivity index (χ3v) is 3.76. The van der Waals surface area contributed by atoms with Gasteiger partial charge in [-0.05, 0) is 24.3 Å². The van der Waals surface area contributed by atoms with E-state index in [-0.39, 0.29) is 5.82 Å². The van der Waals surface area contributed by atoms with Crippen molar-refractivity contribution in [2.24, 2.45) is 4.99 Å². The zero-order valence-corrected chi connectivity index (χ0v) is 10.3. The lowest BCUT2D eigenvalue weighted by Crippen LogP contribution is -2.32. The van der Waals surface area contributed by atoms with E-state index in [1.807, 2.05) is 18.2 Å².